The van der Waals surface area contributed by atoms with Crippen LogP contribution >= 0.6 is 17.5 Å². The van der Waals surface area contributed by atoms with Crippen LogP contribution in [-0.4, -0.2) is 0 Å². The molecule has 0 nitrogen and oxygen atoms in total. The maximum atomic E-state index is 4.49. The molecule has 0 fully saturated rings. The molecular weight excluding hydrogens is 497 g/mol. The Morgan fingerprint density at radius 3 is 1.07 bits per heavy atom. The quantitative estimate of drug-likeness (QED) is 0.225. The van der Waals surface area contributed by atoms with E-state index in [1.807, 2.05) is 0 Å². The van der Waals surface area contributed by atoms with E-state index in [2.05, 4.69) is 162 Å². The van der Waals surface area contributed by atoms with E-state index in [9.17, 15) is 0 Å². The van der Waals surface area contributed by atoms with Crippen LogP contribution < -0.4 is 15.9 Å². The Morgan fingerprint density at radius 2 is 0.733 bits per heavy atom. The molecule has 151 valence electrons. The number of benzene rings is 4. The molecule has 0 bridgehead atoms. The van der Waals surface area contributed by atoms with Crippen LogP contribution in [0.25, 0.3) is 0 Å². The normalized spacial score (nSPS) is 11.6. The number of rotatable bonds is 3. The van der Waals surface area contributed by atoms with Crippen molar-refractivity contribution < 1.29 is 18.2 Å². The zero-order valence-electron chi connectivity index (χ0n) is 16.3. The van der Waals surface area contributed by atoms with E-state index in [1.54, 1.807) is 0 Å². The maximum absolute atomic E-state index is 4.49. The first-order valence-electron chi connectivity index (χ1n) is 9.59. The Kier molecular flexibility index (Phi) is 9.82. The Balaban J connectivity index is 0.000000194. The van der Waals surface area contributed by atoms with Gasteiger partial charge in [-0.05, 0) is 54.2 Å². The summed E-state index contributed by atoms with van der Waals surface area (Å²) in [4.78, 5) is 0. The van der Waals surface area contributed by atoms with Crippen molar-refractivity contribution in [1.82, 2.24) is 0 Å². The molecule has 5 rings (SSSR count). The fourth-order valence-corrected chi connectivity index (χ4v) is 5.55. The van der Waals surface area contributed by atoms with Crippen LogP contribution in [0, 0.1) is 19.3 Å². The van der Waals surface area contributed by atoms with E-state index in [1.165, 1.54) is 27.0 Å². The van der Waals surface area contributed by atoms with Crippen molar-refractivity contribution in [3.05, 3.63) is 146 Å². The number of halogens is 1. The second-order valence-corrected chi connectivity index (χ2v) is 8.72. The molecule has 1 aliphatic rings. The van der Waals surface area contributed by atoms with Gasteiger partial charge in [-0.1, -0.05) is 115 Å². The first-order valence-corrected chi connectivity index (χ1v) is 12.9. The first-order chi connectivity index (χ1) is 14.9. The molecule has 0 saturated heterocycles. The SMILES string of the molecule is [CH]1[CH]c2ccccc2[CH]1.[Cl][Pd+].c1ccc(P(c2ccccc2)c2ccccc2)cc1. The summed E-state index contributed by atoms with van der Waals surface area (Å²) in [6.07, 6.45) is 6.31. The summed E-state index contributed by atoms with van der Waals surface area (Å²) in [6, 6.07) is 40.7. The van der Waals surface area contributed by atoms with Gasteiger partial charge in [0.2, 0.25) is 0 Å². The van der Waals surface area contributed by atoms with Gasteiger partial charge in [0.15, 0.2) is 0 Å². The van der Waals surface area contributed by atoms with Crippen LogP contribution in [0.1, 0.15) is 11.1 Å². The van der Waals surface area contributed by atoms with E-state index >= 15 is 0 Å². The fraction of sp³-hybridized carbons (Fsp3) is 0. The first kappa shape index (κ1) is 22.9. The molecule has 3 radical (unpaired) electrons. The Hall–Kier alpha value is -1.74. The van der Waals surface area contributed by atoms with Crippen molar-refractivity contribution in [2.45, 2.75) is 0 Å². The van der Waals surface area contributed by atoms with E-state index in [0.29, 0.717) is 0 Å². The van der Waals surface area contributed by atoms with Crippen LogP contribution in [0.15, 0.2) is 115 Å². The fourth-order valence-electron chi connectivity index (χ4n) is 3.25. The van der Waals surface area contributed by atoms with Crippen molar-refractivity contribution in [1.29, 1.82) is 0 Å². The molecule has 0 unspecified atom stereocenters. The minimum absolute atomic E-state index is 0.446. The molecule has 1 aliphatic carbocycles. The smallest absolute Gasteiger partial charge is 0.0134 e. The maximum Gasteiger partial charge on any atom is -0.0134 e. The predicted molar refractivity (Wildman–Crippen MR) is 129 cm³/mol. The summed E-state index contributed by atoms with van der Waals surface area (Å²) in [5.41, 5.74) is 2.66. The van der Waals surface area contributed by atoms with Crippen molar-refractivity contribution in [3.63, 3.8) is 0 Å². The van der Waals surface area contributed by atoms with Gasteiger partial charge in [0.25, 0.3) is 0 Å². The Bertz CT molecular complexity index is 874. The van der Waals surface area contributed by atoms with Crippen LogP contribution in [0.2, 0.25) is 0 Å². The van der Waals surface area contributed by atoms with Gasteiger partial charge in [-0.3, -0.25) is 0 Å². The van der Waals surface area contributed by atoms with Crippen molar-refractivity contribution >= 4 is 33.4 Å². The summed E-state index contributed by atoms with van der Waals surface area (Å²) < 4.78 is 0. The summed E-state index contributed by atoms with van der Waals surface area (Å²) in [6.45, 7) is 0. The zero-order valence-corrected chi connectivity index (χ0v) is 19.5. The summed E-state index contributed by atoms with van der Waals surface area (Å²) in [7, 11) is 4.04. The summed E-state index contributed by atoms with van der Waals surface area (Å²) in [5, 5.41) is 4.19. The number of hydrogen-bond acceptors (Lipinski definition) is 0. The van der Waals surface area contributed by atoms with Gasteiger partial charge in [0, 0.05) is 0 Å². The van der Waals surface area contributed by atoms with E-state index in [4.69, 9.17) is 0 Å². The van der Waals surface area contributed by atoms with Crippen LogP contribution in [0.5, 0.6) is 0 Å². The monoisotopic (exact) mass is 518 g/mol. The van der Waals surface area contributed by atoms with Crippen molar-refractivity contribution in [2.24, 2.45) is 0 Å². The minimum Gasteiger partial charge on any atom is -0.0622 e. The average molecular weight is 519 g/mol. The minimum atomic E-state index is -0.446. The van der Waals surface area contributed by atoms with Gasteiger partial charge >= 0.3 is 27.7 Å². The van der Waals surface area contributed by atoms with Crippen LogP contribution in [-0.2, 0) is 18.2 Å². The molecule has 30 heavy (non-hydrogen) atoms. The molecule has 0 amide bonds. The topological polar surface area (TPSA) is 0 Å². The Morgan fingerprint density at radius 1 is 0.433 bits per heavy atom. The molecule has 3 heteroatoms. The van der Waals surface area contributed by atoms with E-state index in [-0.39, 0.29) is 0 Å². The predicted octanol–water partition coefficient (Wildman–Crippen LogP) is 6.14. The molecule has 0 spiro atoms. The summed E-state index contributed by atoms with van der Waals surface area (Å²) in [5.74, 6) is 0. The standard InChI is InChI=1S/C18H15P.C9H7.ClH.Pd/c1-4-10-16(11-5-1)19(17-12-6-2-7-13-17)18-14-8-3-9-15-18;1-2-5-9-7-3-6-8(9)4-1;;/h1-15H;1-7H;1H;/q;;;+2/p-1. The molecule has 0 aliphatic heterocycles. The molecule has 0 N–H and O–H groups in total. The third kappa shape index (κ3) is 6.38. The second kappa shape index (κ2) is 12.8. The average Bonchev–Trinajstić information content (AvgIpc) is 3.32. The molecule has 0 aromatic heterocycles. The third-order valence-corrected chi connectivity index (χ3v) is 7.03. The Labute approximate surface area is 196 Å². The van der Waals surface area contributed by atoms with Crippen LogP contribution in [0.4, 0.5) is 0 Å². The molecular formula is C27H22ClPPd+. The van der Waals surface area contributed by atoms with Gasteiger partial charge in [-0.25, -0.2) is 0 Å². The molecule has 4 aromatic rings. The van der Waals surface area contributed by atoms with Gasteiger partial charge in [-0.15, -0.1) is 0 Å². The number of hydrogen-bond donors (Lipinski definition) is 0. The van der Waals surface area contributed by atoms with Crippen molar-refractivity contribution in [3.8, 4) is 0 Å². The molecule has 0 saturated carbocycles. The largest absolute Gasteiger partial charge is 0.0622 e. The molecule has 4 aromatic carbocycles. The summed E-state index contributed by atoms with van der Waals surface area (Å²) >= 11 is 2.22. The van der Waals surface area contributed by atoms with Crippen LogP contribution in [0.3, 0.4) is 0 Å². The van der Waals surface area contributed by atoms with Gasteiger partial charge in [0.05, 0.1) is 0 Å². The van der Waals surface area contributed by atoms with Gasteiger partial charge < -0.3 is 0 Å². The van der Waals surface area contributed by atoms with Crippen molar-refractivity contribution in [2.75, 3.05) is 0 Å². The number of fused-ring (bicyclic) bond motifs is 1. The van der Waals surface area contributed by atoms with E-state index in [0.717, 1.165) is 0 Å². The molecule has 0 heterocycles. The third-order valence-electron chi connectivity index (χ3n) is 4.59. The van der Waals surface area contributed by atoms with Gasteiger partial charge in [-0.2, -0.15) is 0 Å². The zero-order chi connectivity index (χ0) is 21.0. The second-order valence-electron chi connectivity index (χ2n) is 6.50. The van der Waals surface area contributed by atoms with E-state index < -0.39 is 7.92 Å². The van der Waals surface area contributed by atoms with Gasteiger partial charge in [0.1, 0.15) is 0 Å². The molecule has 0 atom stereocenters.